The number of halogens is 1. The van der Waals surface area contributed by atoms with Crippen LogP contribution in [0.4, 0.5) is 5.00 Å². The topological polar surface area (TPSA) is 75.6 Å². The number of carbonyl (C=O) groups is 2. The quantitative estimate of drug-likeness (QED) is 0.910. The number of rotatable bonds is 3. The molecule has 21 heavy (non-hydrogen) atoms. The van der Waals surface area contributed by atoms with Gasteiger partial charge in [-0.15, -0.1) is 11.3 Å². The molecule has 0 saturated heterocycles. The molecule has 2 heterocycles. The van der Waals surface area contributed by atoms with Gasteiger partial charge in [0.2, 0.25) is 0 Å². The van der Waals surface area contributed by atoms with Crippen LogP contribution in [0.25, 0.3) is 0 Å². The highest BCUT2D eigenvalue weighted by Crippen LogP contribution is 2.32. The Labute approximate surface area is 129 Å². The summed E-state index contributed by atoms with van der Waals surface area (Å²) in [6, 6.07) is 6.63. The third kappa shape index (κ3) is 2.72. The van der Waals surface area contributed by atoms with Crippen molar-refractivity contribution in [2.75, 3.05) is 5.32 Å². The summed E-state index contributed by atoms with van der Waals surface area (Å²) in [6.45, 7) is 0. The normalized spacial score (nSPS) is 16.1. The van der Waals surface area contributed by atoms with Gasteiger partial charge in [0.1, 0.15) is 10.8 Å². The average Bonchev–Trinajstić information content (AvgIpc) is 3.04. The molecule has 0 spiro atoms. The van der Waals surface area contributed by atoms with Crippen LogP contribution in [0.1, 0.15) is 15.9 Å². The number of aromatic carboxylic acids is 1. The fraction of sp³-hybridized carbons (Fsp3) is 0.143. The van der Waals surface area contributed by atoms with Gasteiger partial charge in [0, 0.05) is 11.4 Å². The molecule has 0 radical (unpaired) electrons. The van der Waals surface area contributed by atoms with Crippen molar-refractivity contribution in [2.24, 2.45) is 0 Å². The molecule has 0 saturated carbocycles. The van der Waals surface area contributed by atoms with Gasteiger partial charge >= 0.3 is 5.97 Å². The van der Waals surface area contributed by atoms with Crippen molar-refractivity contribution in [2.45, 2.75) is 12.5 Å². The van der Waals surface area contributed by atoms with E-state index in [9.17, 15) is 9.59 Å². The Morgan fingerprint density at radius 2 is 2.19 bits per heavy atom. The van der Waals surface area contributed by atoms with Crippen LogP contribution in [-0.4, -0.2) is 23.1 Å². The highest BCUT2D eigenvalue weighted by atomic mass is 35.5. The van der Waals surface area contributed by atoms with E-state index in [4.69, 9.17) is 21.4 Å². The average molecular weight is 324 g/mol. The first-order chi connectivity index (χ1) is 10.0. The van der Waals surface area contributed by atoms with E-state index in [0.29, 0.717) is 22.2 Å². The third-order valence-electron chi connectivity index (χ3n) is 3.12. The Morgan fingerprint density at radius 1 is 1.38 bits per heavy atom. The largest absolute Gasteiger partial charge is 0.480 e. The molecule has 0 bridgehead atoms. The lowest BCUT2D eigenvalue weighted by Gasteiger charge is -2.10. The fourth-order valence-electron chi connectivity index (χ4n) is 2.13. The third-order valence-corrected chi connectivity index (χ3v) is 4.19. The Morgan fingerprint density at radius 3 is 2.95 bits per heavy atom. The predicted molar refractivity (Wildman–Crippen MR) is 79.5 cm³/mol. The second-order valence-corrected chi connectivity index (χ2v) is 5.87. The van der Waals surface area contributed by atoms with E-state index < -0.39 is 12.1 Å². The summed E-state index contributed by atoms with van der Waals surface area (Å²) in [5.74, 6) is -0.814. The van der Waals surface area contributed by atoms with Gasteiger partial charge in [-0.05, 0) is 35.2 Å². The van der Waals surface area contributed by atoms with Gasteiger partial charge in [0.25, 0.3) is 5.91 Å². The number of amides is 1. The number of carboxylic acid groups (broad SMARTS) is 1. The molecule has 1 aliphatic heterocycles. The Hall–Kier alpha value is -2.05. The lowest BCUT2D eigenvalue weighted by Crippen LogP contribution is -2.31. The fourth-order valence-corrected chi connectivity index (χ4v) is 3.11. The van der Waals surface area contributed by atoms with E-state index in [-0.39, 0.29) is 11.5 Å². The summed E-state index contributed by atoms with van der Waals surface area (Å²) in [6.07, 6.45) is -0.266. The van der Waals surface area contributed by atoms with Crippen molar-refractivity contribution in [3.63, 3.8) is 0 Å². The van der Waals surface area contributed by atoms with Gasteiger partial charge in [-0.3, -0.25) is 4.79 Å². The maximum Gasteiger partial charge on any atom is 0.338 e. The number of fused-ring (bicyclic) bond motifs is 1. The van der Waals surface area contributed by atoms with Gasteiger partial charge in [0.05, 0.1) is 5.56 Å². The minimum atomic E-state index is -1.08. The molecular formula is C14H10ClNO4S. The summed E-state index contributed by atoms with van der Waals surface area (Å²) in [5.41, 5.74) is 0.944. The first-order valence-electron chi connectivity index (χ1n) is 6.11. The number of hydrogen-bond donors (Lipinski definition) is 2. The standard InChI is InChI=1S/C14H10ClNO4S/c15-8-1-2-10-7(5-8)6-11(20-10)12(17)16-13-9(14(18)19)3-4-21-13/h1-5,11H,6H2,(H,16,17)(H,18,19). The first-order valence-corrected chi connectivity index (χ1v) is 7.37. The summed E-state index contributed by atoms with van der Waals surface area (Å²) in [7, 11) is 0. The number of anilines is 1. The van der Waals surface area contributed by atoms with Crippen molar-refractivity contribution in [1.29, 1.82) is 0 Å². The van der Waals surface area contributed by atoms with Gasteiger partial charge in [0.15, 0.2) is 6.10 Å². The second-order valence-electron chi connectivity index (χ2n) is 4.52. The van der Waals surface area contributed by atoms with Crippen LogP contribution in [-0.2, 0) is 11.2 Å². The molecule has 1 aliphatic rings. The SMILES string of the molecule is O=C(O)c1ccsc1NC(=O)C1Cc2cc(Cl)ccc2O1. The maximum absolute atomic E-state index is 12.2. The van der Waals surface area contributed by atoms with E-state index in [0.717, 1.165) is 16.9 Å². The highest BCUT2D eigenvalue weighted by molar-refractivity contribution is 7.14. The number of carboxylic acids is 1. The van der Waals surface area contributed by atoms with Crippen LogP contribution in [0.15, 0.2) is 29.6 Å². The molecule has 108 valence electrons. The lowest BCUT2D eigenvalue weighted by atomic mass is 10.1. The van der Waals surface area contributed by atoms with Crippen LogP contribution in [0.2, 0.25) is 5.02 Å². The molecular weight excluding hydrogens is 314 g/mol. The zero-order chi connectivity index (χ0) is 15.0. The molecule has 2 N–H and O–H groups in total. The predicted octanol–water partition coefficient (Wildman–Crippen LogP) is 3.04. The maximum atomic E-state index is 12.2. The van der Waals surface area contributed by atoms with Crippen LogP contribution in [0.5, 0.6) is 5.75 Å². The van der Waals surface area contributed by atoms with Crippen molar-refractivity contribution in [3.05, 3.63) is 45.8 Å². The lowest BCUT2D eigenvalue weighted by molar-refractivity contribution is -0.122. The monoisotopic (exact) mass is 323 g/mol. The van der Waals surface area contributed by atoms with Crippen LogP contribution in [0.3, 0.4) is 0 Å². The van der Waals surface area contributed by atoms with E-state index in [2.05, 4.69) is 5.32 Å². The van der Waals surface area contributed by atoms with Crippen molar-refractivity contribution in [1.82, 2.24) is 0 Å². The molecule has 3 rings (SSSR count). The van der Waals surface area contributed by atoms with E-state index in [1.807, 2.05) is 0 Å². The molecule has 1 amide bonds. The summed E-state index contributed by atoms with van der Waals surface area (Å²) < 4.78 is 5.56. The van der Waals surface area contributed by atoms with E-state index in [1.165, 1.54) is 6.07 Å². The first kappa shape index (κ1) is 13.9. The highest BCUT2D eigenvalue weighted by Gasteiger charge is 2.30. The zero-order valence-corrected chi connectivity index (χ0v) is 12.2. The van der Waals surface area contributed by atoms with Crippen molar-refractivity contribution >= 4 is 39.8 Å². The number of benzene rings is 1. The molecule has 5 nitrogen and oxygen atoms in total. The Kier molecular flexibility index (Phi) is 3.57. The molecule has 0 aliphatic carbocycles. The number of nitrogens with one attached hydrogen (secondary N) is 1. The Bertz CT molecular complexity index is 728. The van der Waals surface area contributed by atoms with Crippen LogP contribution >= 0.6 is 22.9 Å². The molecule has 1 aromatic carbocycles. The van der Waals surface area contributed by atoms with Gasteiger partial charge in [-0.2, -0.15) is 0 Å². The molecule has 1 atom stereocenters. The molecule has 0 fully saturated rings. The Balaban J connectivity index is 1.73. The summed E-state index contributed by atoms with van der Waals surface area (Å²) in [5, 5.41) is 14.1. The second kappa shape index (κ2) is 5.38. The summed E-state index contributed by atoms with van der Waals surface area (Å²) in [4.78, 5) is 23.2. The van der Waals surface area contributed by atoms with Crippen LogP contribution < -0.4 is 10.1 Å². The number of thiophene rings is 1. The zero-order valence-electron chi connectivity index (χ0n) is 10.6. The minimum absolute atomic E-state index is 0.0758. The van der Waals surface area contributed by atoms with Gasteiger partial charge in [-0.1, -0.05) is 11.6 Å². The number of hydrogen-bond acceptors (Lipinski definition) is 4. The van der Waals surface area contributed by atoms with E-state index >= 15 is 0 Å². The number of ether oxygens (including phenoxy) is 1. The van der Waals surface area contributed by atoms with Gasteiger partial charge in [-0.25, -0.2) is 4.79 Å². The van der Waals surface area contributed by atoms with Crippen molar-refractivity contribution < 1.29 is 19.4 Å². The van der Waals surface area contributed by atoms with Gasteiger partial charge < -0.3 is 15.2 Å². The van der Waals surface area contributed by atoms with Crippen molar-refractivity contribution in [3.8, 4) is 5.75 Å². The molecule has 1 unspecified atom stereocenters. The summed E-state index contributed by atoms with van der Waals surface area (Å²) >= 11 is 7.06. The molecule has 7 heteroatoms. The van der Waals surface area contributed by atoms with Crippen LogP contribution in [0, 0.1) is 0 Å². The van der Waals surface area contributed by atoms with E-state index in [1.54, 1.807) is 23.6 Å². The minimum Gasteiger partial charge on any atom is -0.480 e. The molecule has 1 aromatic heterocycles. The number of carbonyl (C=O) groups excluding carboxylic acids is 1. The smallest absolute Gasteiger partial charge is 0.338 e. The molecule has 2 aromatic rings.